The standard InChI is InChI=1S/C16H23NO4/c1-11(2)17-9-12-7-15-16(20-10-19-15)8-14(12)21-13-3-5-18-6-4-13/h7-8,11,13,17H,3-6,9-10H2,1-2H3. The van der Waals surface area contributed by atoms with Gasteiger partial charge in [0, 0.05) is 37.1 Å². The highest BCUT2D eigenvalue weighted by molar-refractivity contribution is 5.52. The minimum Gasteiger partial charge on any atom is -0.490 e. The molecule has 2 aliphatic rings. The van der Waals surface area contributed by atoms with Crippen LogP contribution in [0.4, 0.5) is 0 Å². The van der Waals surface area contributed by atoms with Crippen molar-refractivity contribution in [1.29, 1.82) is 0 Å². The maximum Gasteiger partial charge on any atom is 0.231 e. The number of rotatable bonds is 5. The monoisotopic (exact) mass is 293 g/mol. The van der Waals surface area contributed by atoms with E-state index in [0.29, 0.717) is 6.04 Å². The maximum atomic E-state index is 6.19. The summed E-state index contributed by atoms with van der Waals surface area (Å²) in [5.41, 5.74) is 1.11. The summed E-state index contributed by atoms with van der Waals surface area (Å²) in [6.07, 6.45) is 2.09. The van der Waals surface area contributed by atoms with Gasteiger partial charge in [-0.05, 0) is 6.07 Å². The quantitative estimate of drug-likeness (QED) is 0.904. The first kappa shape index (κ1) is 14.5. The first-order chi connectivity index (χ1) is 10.2. The van der Waals surface area contributed by atoms with Gasteiger partial charge >= 0.3 is 0 Å². The van der Waals surface area contributed by atoms with Gasteiger partial charge in [0.2, 0.25) is 6.79 Å². The van der Waals surface area contributed by atoms with E-state index in [1.54, 1.807) is 0 Å². The summed E-state index contributed by atoms with van der Waals surface area (Å²) < 4.78 is 22.5. The van der Waals surface area contributed by atoms with Crippen LogP contribution in [0, 0.1) is 0 Å². The number of ether oxygens (including phenoxy) is 4. The highest BCUT2D eigenvalue weighted by Crippen LogP contribution is 2.39. The maximum absolute atomic E-state index is 6.19. The van der Waals surface area contributed by atoms with Crippen LogP contribution in [-0.2, 0) is 11.3 Å². The average Bonchev–Trinajstić information content (AvgIpc) is 2.93. The Kier molecular flexibility index (Phi) is 4.51. The van der Waals surface area contributed by atoms with E-state index in [2.05, 4.69) is 19.2 Å². The molecule has 5 heteroatoms. The highest BCUT2D eigenvalue weighted by Gasteiger charge is 2.21. The van der Waals surface area contributed by atoms with Crippen molar-refractivity contribution in [1.82, 2.24) is 5.32 Å². The lowest BCUT2D eigenvalue weighted by Crippen LogP contribution is -2.27. The Morgan fingerprint density at radius 1 is 1.19 bits per heavy atom. The van der Waals surface area contributed by atoms with Gasteiger partial charge in [-0.1, -0.05) is 13.8 Å². The second-order valence-corrected chi connectivity index (χ2v) is 5.78. The predicted octanol–water partition coefficient (Wildman–Crippen LogP) is 2.47. The van der Waals surface area contributed by atoms with Crippen LogP contribution in [0.3, 0.4) is 0 Å². The summed E-state index contributed by atoms with van der Waals surface area (Å²) in [4.78, 5) is 0. The lowest BCUT2D eigenvalue weighted by molar-refractivity contribution is 0.0251. The lowest BCUT2D eigenvalue weighted by atomic mass is 10.1. The van der Waals surface area contributed by atoms with E-state index in [1.807, 2.05) is 12.1 Å². The molecule has 0 amide bonds. The van der Waals surface area contributed by atoms with Gasteiger partial charge in [-0.25, -0.2) is 0 Å². The molecule has 0 bridgehead atoms. The fraction of sp³-hybridized carbons (Fsp3) is 0.625. The minimum absolute atomic E-state index is 0.219. The molecule has 0 spiro atoms. The van der Waals surface area contributed by atoms with Gasteiger partial charge in [-0.2, -0.15) is 0 Å². The van der Waals surface area contributed by atoms with Crippen LogP contribution in [0.2, 0.25) is 0 Å². The zero-order valence-corrected chi connectivity index (χ0v) is 12.7. The number of nitrogens with one attached hydrogen (secondary N) is 1. The summed E-state index contributed by atoms with van der Waals surface area (Å²) in [5.74, 6) is 2.46. The molecule has 1 saturated heterocycles. The largest absolute Gasteiger partial charge is 0.490 e. The molecule has 2 aliphatic heterocycles. The summed E-state index contributed by atoms with van der Waals surface area (Å²) in [6.45, 7) is 6.85. The normalized spacial score (nSPS) is 18.2. The predicted molar refractivity (Wildman–Crippen MR) is 79.0 cm³/mol. The van der Waals surface area contributed by atoms with Crippen molar-refractivity contribution in [2.75, 3.05) is 20.0 Å². The van der Waals surface area contributed by atoms with Crippen LogP contribution >= 0.6 is 0 Å². The van der Waals surface area contributed by atoms with E-state index in [1.165, 1.54) is 0 Å². The Labute approximate surface area is 125 Å². The molecule has 0 aliphatic carbocycles. The second-order valence-electron chi connectivity index (χ2n) is 5.78. The molecule has 0 saturated carbocycles. The van der Waals surface area contributed by atoms with Gasteiger partial charge in [-0.15, -0.1) is 0 Å². The molecule has 2 heterocycles. The molecule has 1 fully saturated rings. The lowest BCUT2D eigenvalue weighted by Gasteiger charge is -2.25. The van der Waals surface area contributed by atoms with Gasteiger partial charge in [-0.3, -0.25) is 0 Å². The smallest absolute Gasteiger partial charge is 0.231 e. The third-order valence-electron chi connectivity index (χ3n) is 3.72. The molecule has 21 heavy (non-hydrogen) atoms. The first-order valence-electron chi connectivity index (χ1n) is 7.62. The van der Waals surface area contributed by atoms with Crippen LogP contribution in [0.5, 0.6) is 17.2 Å². The minimum atomic E-state index is 0.219. The molecule has 116 valence electrons. The van der Waals surface area contributed by atoms with E-state index in [9.17, 15) is 0 Å². The van der Waals surface area contributed by atoms with Gasteiger partial charge < -0.3 is 24.3 Å². The molecular weight excluding hydrogens is 270 g/mol. The zero-order valence-electron chi connectivity index (χ0n) is 12.7. The van der Waals surface area contributed by atoms with Crippen LogP contribution in [0.25, 0.3) is 0 Å². The van der Waals surface area contributed by atoms with Crippen LogP contribution in [-0.4, -0.2) is 32.2 Å². The third-order valence-corrected chi connectivity index (χ3v) is 3.72. The first-order valence-corrected chi connectivity index (χ1v) is 7.62. The van der Waals surface area contributed by atoms with E-state index in [0.717, 1.165) is 55.4 Å². The molecule has 0 aromatic heterocycles. The van der Waals surface area contributed by atoms with Crippen LogP contribution < -0.4 is 19.5 Å². The molecule has 1 aromatic rings. The Morgan fingerprint density at radius 2 is 1.90 bits per heavy atom. The Morgan fingerprint density at radius 3 is 2.62 bits per heavy atom. The highest BCUT2D eigenvalue weighted by atomic mass is 16.7. The average molecular weight is 293 g/mol. The van der Waals surface area contributed by atoms with Gasteiger partial charge in [0.15, 0.2) is 11.5 Å². The fourth-order valence-electron chi connectivity index (χ4n) is 2.50. The van der Waals surface area contributed by atoms with Crippen molar-refractivity contribution in [3.05, 3.63) is 17.7 Å². The molecule has 1 N–H and O–H groups in total. The van der Waals surface area contributed by atoms with Crippen molar-refractivity contribution in [3.63, 3.8) is 0 Å². The second kappa shape index (κ2) is 6.54. The molecular formula is C16H23NO4. The SMILES string of the molecule is CC(C)NCc1cc2c(cc1OC1CCOCC1)OCO2. The van der Waals surface area contributed by atoms with E-state index < -0.39 is 0 Å². The molecule has 1 aromatic carbocycles. The molecule has 5 nitrogen and oxygen atoms in total. The van der Waals surface area contributed by atoms with E-state index >= 15 is 0 Å². The van der Waals surface area contributed by atoms with E-state index in [4.69, 9.17) is 18.9 Å². The van der Waals surface area contributed by atoms with Gasteiger partial charge in [0.25, 0.3) is 0 Å². The fourth-order valence-corrected chi connectivity index (χ4v) is 2.50. The summed E-state index contributed by atoms with van der Waals surface area (Å²) >= 11 is 0. The van der Waals surface area contributed by atoms with Crippen molar-refractivity contribution in [3.8, 4) is 17.2 Å². The molecule has 0 atom stereocenters. The number of hydrogen-bond acceptors (Lipinski definition) is 5. The number of hydrogen-bond donors (Lipinski definition) is 1. The third kappa shape index (κ3) is 3.60. The Bertz CT molecular complexity index is 483. The van der Waals surface area contributed by atoms with Crippen molar-refractivity contribution in [2.45, 2.75) is 45.4 Å². The Hall–Kier alpha value is -1.46. The van der Waals surface area contributed by atoms with Crippen molar-refractivity contribution in [2.24, 2.45) is 0 Å². The van der Waals surface area contributed by atoms with Gasteiger partial charge in [0.1, 0.15) is 11.9 Å². The number of benzene rings is 1. The number of fused-ring (bicyclic) bond motifs is 1. The van der Waals surface area contributed by atoms with Crippen molar-refractivity contribution >= 4 is 0 Å². The topological polar surface area (TPSA) is 49.0 Å². The zero-order chi connectivity index (χ0) is 14.7. The van der Waals surface area contributed by atoms with Crippen molar-refractivity contribution < 1.29 is 18.9 Å². The molecule has 3 rings (SSSR count). The summed E-state index contributed by atoms with van der Waals surface area (Å²) in [5, 5.41) is 3.43. The van der Waals surface area contributed by atoms with E-state index in [-0.39, 0.29) is 12.9 Å². The molecule has 0 radical (unpaired) electrons. The summed E-state index contributed by atoms with van der Waals surface area (Å²) in [7, 11) is 0. The summed E-state index contributed by atoms with van der Waals surface area (Å²) in [6, 6.07) is 4.40. The molecule has 0 unspecified atom stereocenters. The van der Waals surface area contributed by atoms with Crippen LogP contribution in [0.1, 0.15) is 32.3 Å². The van der Waals surface area contributed by atoms with Gasteiger partial charge in [0.05, 0.1) is 13.2 Å². The Balaban J connectivity index is 1.78. The van der Waals surface area contributed by atoms with Crippen LogP contribution in [0.15, 0.2) is 12.1 Å².